The smallest absolute Gasteiger partial charge is 0.275 e. The number of pyridine rings is 1. The summed E-state index contributed by atoms with van der Waals surface area (Å²) in [5.74, 6) is 1.75. The SMILES string of the molecule is Cn1nc(NC(=O)c2cc3c(cn2)OCCC3)cc1C1CC1. The molecule has 1 N–H and O–H groups in total. The van der Waals surface area contributed by atoms with Crippen LogP contribution >= 0.6 is 0 Å². The summed E-state index contributed by atoms with van der Waals surface area (Å²) in [5.41, 5.74) is 2.64. The zero-order valence-corrected chi connectivity index (χ0v) is 12.5. The van der Waals surface area contributed by atoms with Gasteiger partial charge >= 0.3 is 0 Å². The predicted molar refractivity (Wildman–Crippen MR) is 81.2 cm³/mol. The second kappa shape index (κ2) is 5.12. The van der Waals surface area contributed by atoms with Crippen molar-refractivity contribution in [1.82, 2.24) is 14.8 Å². The molecule has 1 saturated carbocycles. The molecule has 0 unspecified atom stereocenters. The molecule has 0 bridgehead atoms. The van der Waals surface area contributed by atoms with Gasteiger partial charge in [-0.3, -0.25) is 9.48 Å². The molecule has 22 heavy (non-hydrogen) atoms. The first-order valence-corrected chi connectivity index (χ1v) is 7.68. The molecule has 0 spiro atoms. The summed E-state index contributed by atoms with van der Waals surface area (Å²) in [5, 5.41) is 7.19. The highest BCUT2D eigenvalue weighted by molar-refractivity contribution is 6.02. The van der Waals surface area contributed by atoms with Gasteiger partial charge in [0, 0.05) is 24.7 Å². The fourth-order valence-corrected chi connectivity index (χ4v) is 2.86. The van der Waals surface area contributed by atoms with Gasteiger partial charge in [-0.25, -0.2) is 4.98 Å². The maximum Gasteiger partial charge on any atom is 0.275 e. The van der Waals surface area contributed by atoms with Crippen molar-refractivity contribution in [3.05, 3.63) is 35.3 Å². The number of hydrogen-bond donors (Lipinski definition) is 1. The Labute approximate surface area is 128 Å². The van der Waals surface area contributed by atoms with Crippen molar-refractivity contribution < 1.29 is 9.53 Å². The largest absolute Gasteiger partial charge is 0.492 e. The van der Waals surface area contributed by atoms with E-state index < -0.39 is 0 Å². The summed E-state index contributed by atoms with van der Waals surface area (Å²) < 4.78 is 7.37. The van der Waals surface area contributed by atoms with E-state index in [0.717, 1.165) is 30.8 Å². The quantitative estimate of drug-likeness (QED) is 0.943. The zero-order valence-electron chi connectivity index (χ0n) is 12.5. The van der Waals surface area contributed by atoms with Crippen LogP contribution in [0.1, 0.15) is 46.9 Å². The number of nitrogens with one attached hydrogen (secondary N) is 1. The molecule has 1 aliphatic carbocycles. The van der Waals surface area contributed by atoms with E-state index in [4.69, 9.17) is 4.74 Å². The van der Waals surface area contributed by atoms with E-state index in [-0.39, 0.29) is 5.91 Å². The predicted octanol–water partition coefficient (Wildman–Crippen LogP) is 2.27. The Balaban J connectivity index is 1.53. The van der Waals surface area contributed by atoms with Gasteiger partial charge in [-0.2, -0.15) is 5.10 Å². The van der Waals surface area contributed by atoms with Crippen LogP contribution in [0, 0.1) is 0 Å². The van der Waals surface area contributed by atoms with Crippen LogP contribution in [0.25, 0.3) is 0 Å². The second-order valence-corrected chi connectivity index (χ2v) is 5.94. The molecule has 3 heterocycles. The summed E-state index contributed by atoms with van der Waals surface area (Å²) in [6.07, 6.45) is 5.95. The molecule has 1 fully saturated rings. The first-order chi connectivity index (χ1) is 10.7. The van der Waals surface area contributed by atoms with Crippen LogP contribution in [-0.2, 0) is 13.5 Å². The van der Waals surface area contributed by atoms with Crippen LogP contribution in [0.5, 0.6) is 5.75 Å². The van der Waals surface area contributed by atoms with Crippen molar-refractivity contribution >= 4 is 11.7 Å². The molecule has 2 aromatic rings. The summed E-state index contributed by atoms with van der Waals surface area (Å²) >= 11 is 0. The molecule has 6 heteroatoms. The number of aryl methyl sites for hydroxylation is 2. The standard InChI is InChI=1S/C16H18N4O2/c1-20-13(10-4-5-10)8-15(19-20)18-16(21)12-7-11-3-2-6-22-14(11)9-17-12/h7-10H,2-6H2,1H3,(H,18,19,21). The van der Waals surface area contributed by atoms with Gasteiger partial charge in [0.1, 0.15) is 11.4 Å². The zero-order chi connectivity index (χ0) is 15.1. The highest BCUT2D eigenvalue weighted by Crippen LogP contribution is 2.40. The van der Waals surface area contributed by atoms with Crippen molar-refractivity contribution in [3.8, 4) is 5.75 Å². The van der Waals surface area contributed by atoms with Gasteiger partial charge in [0.05, 0.1) is 12.8 Å². The van der Waals surface area contributed by atoms with Crippen LogP contribution < -0.4 is 10.1 Å². The fourth-order valence-electron chi connectivity index (χ4n) is 2.86. The number of ether oxygens (including phenoxy) is 1. The minimum atomic E-state index is -0.228. The number of hydrogen-bond acceptors (Lipinski definition) is 4. The first-order valence-electron chi connectivity index (χ1n) is 7.68. The highest BCUT2D eigenvalue weighted by atomic mass is 16.5. The Kier molecular flexibility index (Phi) is 3.10. The van der Waals surface area contributed by atoms with Crippen LogP contribution in [0.2, 0.25) is 0 Å². The number of rotatable bonds is 3. The molecule has 114 valence electrons. The molecule has 2 aliphatic rings. The van der Waals surface area contributed by atoms with Crippen molar-refractivity contribution in [2.45, 2.75) is 31.6 Å². The van der Waals surface area contributed by atoms with E-state index in [1.807, 2.05) is 23.9 Å². The lowest BCUT2D eigenvalue weighted by atomic mass is 10.1. The molecular formula is C16H18N4O2. The minimum Gasteiger partial charge on any atom is -0.492 e. The molecule has 0 atom stereocenters. The van der Waals surface area contributed by atoms with Crippen molar-refractivity contribution in [3.63, 3.8) is 0 Å². The van der Waals surface area contributed by atoms with Gasteiger partial charge in [0.25, 0.3) is 5.91 Å². The summed E-state index contributed by atoms with van der Waals surface area (Å²) in [6, 6.07) is 3.77. The van der Waals surface area contributed by atoms with Gasteiger partial charge in [0.2, 0.25) is 0 Å². The number of anilines is 1. The Hall–Kier alpha value is -2.37. The van der Waals surface area contributed by atoms with Crippen LogP contribution in [0.4, 0.5) is 5.82 Å². The first kappa shape index (κ1) is 13.3. The number of carbonyl (C=O) groups excluding carboxylic acids is 1. The van der Waals surface area contributed by atoms with Crippen LogP contribution in [0.3, 0.4) is 0 Å². The summed E-state index contributed by atoms with van der Waals surface area (Å²) in [7, 11) is 1.91. The van der Waals surface area contributed by atoms with Gasteiger partial charge in [-0.15, -0.1) is 0 Å². The van der Waals surface area contributed by atoms with Crippen LogP contribution in [-0.4, -0.2) is 27.3 Å². The molecule has 0 radical (unpaired) electrons. The number of fused-ring (bicyclic) bond motifs is 1. The topological polar surface area (TPSA) is 69.0 Å². The van der Waals surface area contributed by atoms with E-state index in [9.17, 15) is 4.79 Å². The Bertz CT molecular complexity index is 734. The summed E-state index contributed by atoms with van der Waals surface area (Å²) in [4.78, 5) is 16.5. The van der Waals surface area contributed by atoms with Crippen LogP contribution in [0.15, 0.2) is 18.3 Å². The van der Waals surface area contributed by atoms with Gasteiger partial charge in [0.15, 0.2) is 5.82 Å². The van der Waals surface area contributed by atoms with Gasteiger partial charge < -0.3 is 10.1 Å². The molecule has 1 aliphatic heterocycles. The average Bonchev–Trinajstić information content (AvgIpc) is 3.31. The molecule has 6 nitrogen and oxygen atoms in total. The maximum atomic E-state index is 12.3. The Morgan fingerprint density at radius 1 is 1.41 bits per heavy atom. The monoisotopic (exact) mass is 298 g/mol. The third-order valence-corrected chi connectivity index (χ3v) is 4.18. The van der Waals surface area contributed by atoms with E-state index >= 15 is 0 Å². The van der Waals surface area contributed by atoms with Crippen molar-refractivity contribution in [2.24, 2.45) is 7.05 Å². The highest BCUT2D eigenvalue weighted by Gasteiger charge is 2.27. The van der Waals surface area contributed by atoms with E-state index in [1.165, 1.54) is 18.5 Å². The second-order valence-electron chi connectivity index (χ2n) is 5.94. The van der Waals surface area contributed by atoms with E-state index in [0.29, 0.717) is 17.4 Å². The summed E-state index contributed by atoms with van der Waals surface area (Å²) in [6.45, 7) is 0.720. The molecule has 2 aromatic heterocycles. The number of carbonyl (C=O) groups is 1. The van der Waals surface area contributed by atoms with E-state index in [1.54, 1.807) is 6.20 Å². The lowest BCUT2D eigenvalue weighted by molar-refractivity contribution is 0.102. The fraction of sp³-hybridized carbons (Fsp3) is 0.438. The Morgan fingerprint density at radius 3 is 3.09 bits per heavy atom. The third kappa shape index (κ3) is 2.45. The molecule has 0 aromatic carbocycles. The van der Waals surface area contributed by atoms with E-state index in [2.05, 4.69) is 15.4 Å². The molecule has 4 rings (SSSR count). The number of amides is 1. The van der Waals surface area contributed by atoms with Crippen molar-refractivity contribution in [2.75, 3.05) is 11.9 Å². The average molecular weight is 298 g/mol. The minimum absolute atomic E-state index is 0.228. The molecule has 1 amide bonds. The third-order valence-electron chi connectivity index (χ3n) is 4.18. The lowest BCUT2D eigenvalue weighted by Crippen LogP contribution is -2.16. The number of nitrogens with zero attached hydrogens (tertiary/aromatic N) is 3. The van der Waals surface area contributed by atoms with Gasteiger partial charge in [-0.1, -0.05) is 0 Å². The number of aromatic nitrogens is 3. The molecule has 0 saturated heterocycles. The molecular weight excluding hydrogens is 280 g/mol. The maximum absolute atomic E-state index is 12.3. The van der Waals surface area contributed by atoms with Gasteiger partial charge in [-0.05, 0) is 37.3 Å². The normalized spacial score (nSPS) is 16.8. The van der Waals surface area contributed by atoms with Crippen molar-refractivity contribution in [1.29, 1.82) is 0 Å². The lowest BCUT2D eigenvalue weighted by Gasteiger charge is -2.16. The Morgan fingerprint density at radius 2 is 2.27 bits per heavy atom.